The summed E-state index contributed by atoms with van der Waals surface area (Å²) in [6, 6.07) is 69.3. The Morgan fingerprint density at radius 3 is 1.77 bits per heavy atom. The van der Waals surface area contributed by atoms with Gasteiger partial charge >= 0.3 is 0 Å². The van der Waals surface area contributed by atoms with Gasteiger partial charge in [0.2, 0.25) is 0 Å². The minimum absolute atomic E-state index is 0.163. The Morgan fingerprint density at radius 2 is 0.962 bits per heavy atom. The van der Waals surface area contributed by atoms with E-state index in [1.807, 2.05) is 0 Å². The maximum Gasteiger partial charge on any atom is 0.0546 e. The van der Waals surface area contributed by atoms with Gasteiger partial charge in [-0.25, -0.2) is 0 Å². The number of nitrogens with zero attached hydrogens (tertiary/aromatic N) is 1. The fourth-order valence-electron chi connectivity index (χ4n) is 8.68. The van der Waals surface area contributed by atoms with Crippen molar-refractivity contribution in [2.75, 3.05) is 4.90 Å². The molecule has 246 valence electrons. The topological polar surface area (TPSA) is 3.24 Å². The predicted molar refractivity (Wildman–Crippen MR) is 222 cm³/mol. The molecule has 0 fully saturated rings. The molecule has 9 aromatic rings. The smallest absolute Gasteiger partial charge is 0.0546 e. The lowest BCUT2D eigenvalue weighted by atomic mass is 9.82. The highest BCUT2D eigenvalue weighted by Gasteiger charge is 2.38. The molecule has 0 amide bonds. The van der Waals surface area contributed by atoms with Crippen molar-refractivity contribution in [3.05, 3.63) is 199 Å². The molecule has 9 aromatic carbocycles. The number of hydrogen-bond donors (Lipinski definition) is 0. The number of hydrogen-bond acceptors (Lipinski definition) is 1. The first-order valence-corrected chi connectivity index (χ1v) is 18.2. The van der Waals surface area contributed by atoms with Crippen LogP contribution in [0, 0.1) is 0 Å². The lowest BCUT2D eigenvalue weighted by Crippen LogP contribution is -2.16. The Morgan fingerprint density at radius 1 is 0.365 bits per heavy atom. The molecule has 0 unspecified atom stereocenters. The number of anilines is 3. The van der Waals surface area contributed by atoms with Crippen molar-refractivity contribution in [3.63, 3.8) is 0 Å². The molecule has 0 heterocycles. The second-order valence-electron chi connectivity index (χ2n) is 14.5. The van der Waals surface area contributed by atoms with Crippen LogP contribution in [0.4, 0.5) is 17.1 Å². The van der Waals surface area contributed by atoms with Gasteiger partial charge in [-0.15, -0.1) is 0 Å². The lowest BCUT2D eigenvalue weighted by Gasteiger charge is -2.31. The highest BCUT2D eigenvalue weighted by atomic mass is 15.1. The van der Waals surface area contributed by atoms with E-state index in [0.717, 1.165) is 11.4 Å². The SMILES string of the molecule is CC1(C)c2cc3ccccc3cc2-c2c(N(c3cccc(-c4ccccc4)c3)c3ccc4ccccc4c3-c3cccc4ccccc34)cccc21. The van der Waals surface area contributed by atoms with Crippen molar-refractivity contribution < 1.29 is 0 Å². The van der Waals surface area contributed by atoms with Crippen LogP contribution < -0.4 is 4.90 Å². The fourth-order valence-corrected chi connectivity index (χ4v) is 8.68. The molecular weight excluding hydrogens is 627 g/mol. The lowest BCUT2D eigenvalue weighted by molar-refractivity contribution is 0.661. The van der Waals surface area contributed by atoms with Gasteiger partial charge in [0.25, 0.3) is 0 Å². The fraction of sp³-hybridized carbons (Fsp3) is 0.0588. The Balaban J connectivity index is 1.33. The van der Waals surface area contributed by atoms with Gasteiger partial charge in [0.15, 0.2) is 0 Å². The van der Waals surface area contributed by atoms with Gasteiger partial charge < -0.3 is 4.90 Å². The first kappa shape index (κ1) is 30.4. The van der Waals surface area contributed by atoms with Gasteiger partial charge in [0.1, 0.15) is 0 Å². The second-order valence-corrected chi connectivity index (χ2v) is 14.5. The van der Waals surface area contributed by atoms with E-state index in [4.69, 9.17) is 0 Å². The molecule has 1 heteroatoms. The van der Waals surface area contributed by atoms with Crippen LogP contribution in [-0.2, 0) is 5.41 Å². The molecule has 0 N–H and O–H groups in total. The largest absolute Gasteiger partial charge is 0.309 e. The summed E-state index contributed by atoms with van der Waals surface area (Å²) < 4.78 is 0. The van der Waals surface area contributed by atoms with Crippen molar-refractivity contribution in [1.29, 1.82) is 0 Å². The monoisotopic (exact) mass is 663 g/mol. The normalized spacial score (nSPS) is 13.0. The maximum absolute atomic E-state index is 2.54. The third-order valence-electron chi connectivity index (χ3n) is 11.2. The molecule has 0 saturated carbocycles. The Labute approximate surface area is 305 Å². The van der Waals surface area contributed by atoms with Gasteiger partial charge in [0, 0.05) is 22.2 Å². The summed E-state index contributed by atoms with van der Waals surface area (Å²) in [5.41, 5.74) is 13.5. The molecule has 0 aliphatic heterocycles. The minimum atomic E-state index is -0.163. The van der Waals surface area contributed by atoms with Gasteiger partial charge in [-0.3, -0.25) is 0 Å². The number of benzene rings is 9. The molecular formula is C51H37N. The molecule has 0 radical (unpaired) electrons. The molecule has 1 aliphatic carbocycles. The molecule has 0 atom stereocenters. The summed E-state index contributed by atoms with van der Waals surface area (Å²) in [5, 5.41) is 7.49. The maximum atomic E-state index is 2.54. The minimum Gasteiger partial charge on any atom is -0.309 e. The molecule has 52 heavy (non-hydrogen) atoms. The van der Waals surface area contributed by atoms with Crippen LogP contribution in [-0.4, -0.2) is 0 Å². The van der Waals surface area contributed by atoms with Gasteiger partial charge in [-0.2, -0.15) is 0 Å². The molecule has 0 bridgehead atoms. The molecule has 0 saturated heterocycles. The molecule has 0 aromatic heterocycles. The van der Waals surface area contributed by atoms with E-state index in [-0.39, 0.29) is 5.41 Å². The third-order valence-corrected chi connectivity index (χ3v) is 11.2. The van der Waals surface area contributed by atoms with Gasteiger partial charge in [-0.05, 0) is 102 Å². The standard InChI is InChI=1S/C51H37N/c1-51(2)45-27-14-28-47(50(45)44-32-38-19-6-7-20-39(38)33-46(44)51)52(40-23-12-22-37(31-40)34-15-4-3-5-16-34)48-30-29-36-18-9-11-25-42(36)49(48)43-26-13-21-35-17-8-10-24-41(35)43/h3-33H,1-2H3. The molecule has 10 rings (SSSR count). The Kier molecular flexibility index (Phi) is 6.91. The van der Waals surface area contributed by atoms with Crippen LogP contribution in [0.1, 0.15) is 25.0 Å². The second kappa shape index (κ2) is 11.8. The van der Waals surface area contributed by atoms with Crippen LogP contribution in [0.15, 0.2) is 188 Å². The highest BCUT2D eigenvalue weighted by molar-refractivity contribution is 6.12. The molecule has 1 aliphatic rings. The van der Waals surface area contributed by atoms with Gasteiger partial charge in [0.05, 0.1) is 11.4 Å². The van der Waals surface area contributed by atoms with E-state index < -0.39 is 0 Å². The predicted octanol–water partition coefficient (Wildman–Crippen LogP) is 14.3. The van der Waals surface area contributed by atoms with E-state index in [1.165, 1.54) is 82.5 Å². The summed E-state index contributed by atoms with van der Waals surface area (Å²) in [7, 11) is 0. The van der Waals surface area contributed by atoms with Crippen molar-refractivity contribution in [2.45, 2.75) is 19.3 Å². The zero-order valence-electron chi connectivity index (χ0n) is 29.3. The van der Waals surface area contributed by atoms with Crippen LogP contribution in [0.3, 0.4) is 0 Å². The van der Waals surface area contributed by atoms with Crippen LogP contribution in [0.5, 0.6) is 0 Å². The average molecular weight is 664 g/mol. The van der Waals surface area contributed by atoms with Crippen molar-refractivity contribution >= 4 is 49.4 Å². The summed E-state index contributed by atoms with van der Waals surface area (Å²) in [5.74, 6) is 0. The first-order chi connectivity index (χ1) is 25.6. The van der Waals surface area contributed by atoms with E-state index in [2.05, 4.69) is 207 Å². The van der Waals surface area contributed by atoms with Gasteiger partial charge in [-0.1, -0.05) is 166 Å². The Bertz CT molecular complexity index is 2820. The zero-order valence-corrected chi connectivity index (χ0v) is 29.3. The molecule has 0 spiro atoms. The van der Waals surface area contributed by atoms with Crippen LogP contribution in [0.2, 0.25) is 0 Å². The van der Waals surface area contributed by atoms with E-state index in [0.29, 0.717) is 0 Å². The third kappa shape index (κ3) is 4.70. The highest BCUT2D eigenvalue weighted by Crippen LogP contribution is 2.56. The summed E-state index contributed by atoms with van der Waals surface area (Å²) in [6.07, 6.45) is 0. The zero-order chi connectivity index (χ0) is 34.8. The number of fused-ring (bicyclic) bond motifs is 6. The van der Waals surface area contributed by atoms with Crippen molar-refractivity contribution in [1.82, 2.24) is 0 Å². The summed E-state index contributed by atoms with van der Waals surface area (Å²) in [4.78, 5) is 2.54. The van der Waals surface area contributed by atoms with E-state index >= 15 is 0 Å². The van der Waals surface area contributed by atoms with Crippen molar-refractivity contribution in [3.8, 4) is 33.4 Å². The average Bonchev–Trinajstić information content (AvgIpc) is 3.42. The quantitative estimate of drug-likeness (QED) is 0.177. The molecule has 1 nitrogen and oxygen atoms in total. The van der Waals surface area contributed by atoms with Crippen LogP contribution in [0.25, 0.3) is 65.7 Å². The van der Waals surface area contributed by atoms with Crippen LogP contribution >= 0.6 is 0 Å². The first-order valence-electron chi connectivity index (χ1n) is 18.2. The summed E-state index contributed by atoms with van der Waals surface area (Å²) >= 11 is 0. The van der Waals surface area contributed by atoms with E-state index in [1.54, 1.807) is 0 Å². The van der Waals surface area contributed by atoms with E-state index in [9.17, 15) is 0 Å². The van der Waals surface area contributed by atoms with Crippen molar-refractivity contribution in [2.24, 2.45) is 0 Å². The Hall–Kier alpha value is -6.44. The summed E-state index contributed by atoms with van der Waals surface area (Å²) in [6.45, 7) is 4.77. The number of rotatable bonds is 5.